The van der Waals surface area contributed by atoms with Crippen molar-refractivity contribution in [3.63, 3.8) is 0 Å². The summed E-state index contributed by atoms with van der Waals surface area (Å²) in [6, 6.07) is 12.9. The standard InChI is InChI=1S/C19H20FN5O2/c1-12(11-27-2)21-19(23-18(26)13-6-4-3-5-7-13)22-17-15-9-8-14(20)10-16(15)24-25-17/h3-10,12H,11H2,1-2H3,(H3,21,22,23,24,25,26). The average Bonchev–Trinajstić information content (AvgIpc) is 3.04. The zero-order valence-electron chi connectivity index (χ0n) is 15.0. The Kier molecular flexibility index (Phi) is 5.77. The van der Waals surface area contributed by atoms with E-state index < -0.39 is 0 Å². The number of fused-ring (bicyclic) bond motifs is 1. The molecule has 3 aromatic rings. The van der Waals surface area contributed by atoms with Crippen molar-refractivity contribution < 1.29 is 13.9 Å². The maximum Gasteiger partial charge on any atom is 0.257 e. The molecule has 0 aliphatic carbocycles. The Bertz CT molecular complexity index is 955. The maximum absolute atomic E-state index is 13.4. The summed E-state index contributed by atoms with van der Waals surface area (Å²) < 4.78 is 18.5. The molecule has 0 bridgehead atoms. The number of ether oxygens (including phenoxy) is 1. The summed E-state index contributed by atoms with van der Waals surface area (Å²) in [5, 5.41) is 13.3. The fraction of sp³-hybridized carbons (Fsp3) is 0.211. The minimum atomic E-state index is -0.363. The Balaban J connectivity index is 1.86. The lowest BCUT2D eigenvalue weighted by Crippen LogP contribution is -2.37. The van der Waals surface area contributed by atoms with Gasteiger partial charge in [0, 0.05) is 18.1 Å². The molecule has 8 heteroatoms. The molecule has 0 saturated heterocycles. The number of methoxy groups -OCH3 is 1. The van der Waals surface area contributed by atoms with Gasteiger partial charge in [-0.05, 0) is 37.3 Å². The molecule has 1 unspecified atom stereocenters. The minimum Gasteiger partial charge on any atom is -0.382 e. The molecule has 1 aromatic heterocycles. The molecule has 0 spiro atoms. The van der Waals surface area contributed by atoms with Crippen LogP contribution in [0.3, 0.4) is 0 Å². The summed E-state index contributed by atoms with van der Waals surface area (Å²) in [6.07, 6.45) is 0. The predicted octanol–water partition coefficient (Wildman–Crippen LogP) is 2.93. The first-order valence-corrected chi connectivity index (χ1v) is 8.40. The third-order valence-corrected chi connectivity index (χ3v) is 3.79. The van der Waals surface area contributed by atoms with Crippen LogP contribution in [-0.4, -0.2) is 41.8 Å². The van der Waals surface area contributed by atoms with E-state index in [4.69, 9.17) is 4.74 Å². The number of hydrogen-bond donors (Lipinski definition) is 3. The first-order valence-electron chi connectivity index (χ1n) is 8.40. The molecular formula is C19H20FN5O2. The first-order chi connectivity index (χ1) is 13.1. The van der Waals surface area contributed by atoms with Gasteiger partial charge < -0.3 is 10.1 Å². The summed E-state index contributed by atoms with van der Waals surface area (Å²) in [5.74, 6) is -0.0112. The average molecular weight is 369 g/mol. The van der Waals surface area contributed by atoms with E-state index in [0.29, 0.717) is 28.9 Å². The first kappa shape index (κ1) is 18.5. The molecule has 7 nitrogen and oxygen atoms in total. The van der Waals surface area contributed by atoms with Gasteiger partial charge >= 0.3 is 0 Å². The van der Waals surface area contributed by atoms with Gasteiger partial charge in [0.15, 0.2) is 5.82 Å². The summed E-state index contributed by atoms with van der Waals surface area (Å²) in [5.41, 5.74) is 1.04. The third kappa shape index (κ3) is 4.68. The van der Waals surface area contributed by atoms with Gasteiger partial charge in [-0.1, -0.05) is 18.2 Å². The van der Waals surface area contributed by atoms with Gasteiger partial charge in [0.2, 0.25) is 5.96 Å². The molecule has 1 atom stereocenters. The highest BCUT2D eigenvalue weighted by Gasteiger charge is 2.14. The molecule has 2 aromatic carbocycles. The van der Waals surface area contributed by atoms with Crippen molar-refractivity contribution in [3.05, 3.63) is 59.9 Å². The van der Waals surface area contributed by atoms with Crippen molar-refractivity contribution in [1.82, 2.24) is 15.5 Å². The normalized spacial score (nSPS) is 12.8. The molecule has 140 valence electrons. The lowest BCUT2D eigenvalue weighted by Gasteiger charge is -2.13. The summed E-state index contributed by atoms with van der Waals surface area (Å²) in [7, 11) is 1.58. The highest BCUT2D eigenvalue weighted by molar-refractivity contribution is 6.11. The second kappa shape index (κ2) is 8.41. The van der Waals surface area contributed by atoms with Crippen molar-refractivity contribution in [1.29, 1.82) is 0 Å². The Morgan fingerprint density at radius 2 is 2.07 bits per heavy atom. The Morgan fingerprint density at radius 3 is 2.81 bits per heavy atom. The largest absolute Gasteiger partial charge is 0.382 e. The fourth-order valence-corrected chi connectivity index (χ4v) is 2.56. The van der Waals surface area contributed by atoms with Crippen LogP contribution in [-0.2, 0) is 4.74 Å². The number of aromatic nitrogens is 2. The lowest BCUT2D eigenvalue weighted by atomic mass is 10.2. The fourth-order valence-electron chi connectivity index (χ4n) is 2.56. The minimum absolute atomic E-state index is 0.198. The van der Waals surface area contributed by atoms with Crippen LogP contribution >= 0.6 is 0 Å². The Morgan fingerprint density at radius 1 is 1.30 bits per heavy atom. The third-order valence-electron chi connectivity index (χ3n) is 3.79. The Labute approximate surface area is 155 Å². The number of carbonyl (C=O) groups is 1. The summed E-state index contributed by atoms with van der Waals surface area (Å²) in [4.78, 5) is 16.9. The van der Waals surface area contributed by atoms with Gasteiger partial charge in [0.25, 0.3) is 5.91 Å². The van der Waals surface area contributed by atoms with Crippen LogP contribution in [0.15, 0.2) is 53.5 Å². The SMILES string of the molecule is COCC(C)N=C(NC(=O)c1ccccc1)Nc1n[nH]c2cc(F)ccc12. The number of aliphatic imine (C=N–C) groups is 1. The van der Waals surface area contributed by atoms with E-state index in [1.165, 1.54) is 12.1 Å². The number of guanidine groups is 1. The second-order valence-corrected chi connectivity index (χ2v) is 5.99. The van der Waals surface area contributed by atoms with E-state index in [1.54, 1.807) is 37.4 Å². The molecule has 1 heterocycles. The zero-order valence-corrected chi connectivity index (χ0v) is 15.0. The van der Waals surface area contributed by atoms with E-state index in [9.17, 15) is 9.18 Å². The number of amides is 1. The molecule has 1 amide bonds. The van der Waals surface area contributed by atoms with Crippen molar-refractivity contribution >= 4 is 28.6 Å². The number of H-pyrrole nitrogens is 1. The molecule has 0 aliphatic heterocycles. The number of benzene rings is 2. The Hall–Kier alpha value is -3.26. The highest BCUT2D eigenvalue weighted by atomic mass is 19.1. The number of halogens is 1. The summed E-state index contributed by atoms with van der Waals surface area (Å²) >= 11 is 0. The van der Waals surface area contributed by atoms with Crippen LogP contribution in [0.5, 0.6) is 0 Å². The van der Waals surface area contributed by atoms with Crippen LogP contribution in [0, 0.1) is 5.82 Å². The maximum atomic E-state index is 13.4. The molecular weight excluding hydrogens is 349 g/mol. The van der Waals surface area contributed by atoms with Crippen LogP contribution in [0.1, 0.15) is 17.3 Å². The molecule has 0 saturated carbocycles. The zero-order chi connectivity index (χ0) is 19.2. The quantitative estimate of drug-likeness (QED) is 0.476. The highest BCUT2D eigenvalue weighted by Crippen LogP contribution is 2.21. The van der Waals surface area contributed by atoms with Gasteiger partial charge in [-0.25, -0.2) is 9.38 Å². The molecule has 27 heavy (non-hydrogen) atoms. The van der Waals surface area contributed by atoms with Gasteiger partial charge in [-0.15, -0.1) is 0 Å². The van der Waals surface area contributed by atoms with Crippen molar-refractivity contribution in [2.24, 2.45) is 4.99 Å². The van der Waals surface area contributed by atoms with Crippen LogP contribution in [0.25, 0.3) is 10.9 Å². The number of nitrogens with one attached hydrogen (secondary N) is 3. The van der Waals surface area contributed by atoms with E-state index in [1.807, 2.05) is 13.0 Å². The molecule has 3 rings (SSSR count). The van der Waals surface area contributed by atoms with Crippen LogP contribution < -0.4 is 10.6 Å². The van der Waals surface area contributed by atoms with E-state index in [0.717, 1.165) is 0 Å². The molecule has 0 radical (unpaired) electrons. The predicted molar refractivity (Wildman–Crippen MR) is 102 cm³/mol. The number of rotatable bonds is 5. The second-order valence-electron chi connectivity index (χ2n) is 5.99. The molecule has 3 N–H and O–H groups in total. The van der Waals surface area contributed by atoms with Crippen molar-refractivity contribution in [2.75, 3.05) is 19.0 Å². The van der Waals surface area contributed by atoms with E-state index >= 15 is 0 Å². The van der Waals surface area contributed by atoms with Gasteiger partial charge in [0.1, 0.15) is 5.82 Å². The number of hydrogen-bond acceptors (Lipinski definition) is 4. The number of carbonyl (C=O) groups excluding carboxylic acids is 1. The van der Waals surface area contributed by atoms with Gasteiger partial charge in [0.05, 0.1) is 18.2 Å². The van der Waals surface area contributed by atoms with E-state index in [-0.39, 0.29) is 23.7 Å². The topological polar surface area (TPSA) is 91.4 Å². The van der Waals surface area contributed by atoms with Gasteiger partial charge in [-0.2, -0.15) is 5.10 Å². The van der Waals surface area contributed by atoms with Crippen LogP contribution in [0.4, 0.5) is 10.2 Å². The number of aromatic amines is 1. The molecule has 0 fully saturated rings. The van der Waals surface area contributed by atoms with E-state index in [2.05, 4.69) is 25.8 Å². The number of nitrogens with zero attached hydrogens (tertiary/aromatic N) is 2. The number of anilines is 1. The summed E-state index contributed by atoms with van der Waals surface area (Å²) in [6.45, 7) is 2.25. The van der Waals surface area contributed by atoms with Crippen molar-refractivity contribution in [2.45, 2.75) is 13.0 Å². The van der Waals surface area contributed by atoms with Crippen LogP contribution in [0.2, 0.25) is 0 Å². The smallest absolute Gasteiger partial charge is 0.257 e. The lowest BCUT2D eigenvalue weighted by molar-refractivity contribution is 0.0976. The monoisotopic (exact) mass is 369 g/mol. The molecule has 0 aliphatic rings. The van der Waals surface area contributed by atoms with Crippen molar-refractivity contribution in [3.8, 4) is 0 Å². The van der Waals surface area contributed by atoms with Gasteiger partial charge in [-0.3, -0.25) is 15.2 Å².